The zero-order chi connectivity index (χ0) is 11.4. The molecule has 2 rings (SSSR count). The molecule has 0 aromatic heterocycles. The number of para-hydroxylation sites is 1. The Kier molecular flexibility index (Phi) is 3.77. The molecule has 86 valence electrons. The zero-order valence-corrected chi connectivity index (χ0v) is 9.37. The van der Waals surface area contributed by atoms with E-state index in [1.54, 1.807) is 24.3 Å². The van der Waals surface area contributed by atoms with E-state index in [4.69, 9.17) is 21.1 Å². The van der Waals surface area contributed by atoms with E-state index in [2.05, 4.69) is 5.32 Å². The van der Waals surface area contributed by atoms with Crippen LogP contribution in [0, 0.1) is 0 Å². The number of nitrogens with one attached hydrogen (secondary N) is 1. The van der Waals surface area contributed by atoms with Crippen molar-refractivity contribution >= 4 is 23.2 Å². The molecule has 1 heterocycles. The van der Waals surface area contributed by atoms with Gasteiger partial charge in [-0.1, -0.05) is 23.7 Å². The largest absolute Gasteiger partial charge is 0.376 e. The van der Waals surface area contributed by atoms with E-state index in [-0.39, 0.29) is 12.5 Å². The van der Waals surface area contributed by atoms with Crippen molar-refractivity contribution in [2.45, 2.75) is 6.10 Å². The molecular formula is C11H12ClNO3. The van der Waals surface area contributed by atoms with Gasteiger partial charge in [0.15, 0.2) is 6.10 Å². The third kappa shape index (κ3) is 2.72. The van der Waals surface area contributed by atoms with Gasteiger partial charge in [-0.25, -0.2) is 0 Å². The van der Waals surface area contributed by atoms with Crippen molar-refractivity contribution in [3.05, 3.63) is 29.3 Å². The number of hydrogen-bond donors (Lipinski definition) is 1. The molecule has 1 N–H and O–H groups in total. The Hall–Kier alpha value is -1.10. The van der Waals surface area contributed by atoms with Crippen LogP contribution in [0.1, 0.15) is 0 Å². The first-order valence-electron chi connectivity index (χ1n) is 5.02. The standard InChI is InChI=1S/C11H12ClNO3/c12-8-3-1-2-4-9(8)13-11(14)10-7-15-5-6-16-10/h1-4,10H,5-7H2,(H,13,14)/t10-/m1/s1. The first-order valence-corrected chi connectivity index (χ1v) is 5.40. The second-order valence-electron chi connectivity index (χ2n) is 3.40. The number of carbonyl (C=O) groups is 1. The summed E-state index contributed by atoms with van der Waals surface area (Å²) >= 11 is 5.92. The number of carbonyl (C=O) groups excluding carboxylic acids is 1. The predicted octanol–water partition coefficient (Wildman–Crippen LogP) is 1.69. The van der Waals surface area contributed by atoms with Gasteiger partial charge < -0.3 is 14.8 Å². The SMILES string of the molecule is O=C(Nc1ccccc1Cl)[C@H]1COCCO1. The van der Waals surface area contributed by atoms with E-state index in [1.807, 2.05) is 0 Å². The highest BCUT2D eigenvalue weighted by Gasteiger charge is 2.22. The van der Waals surface area contributed by atoms with Crippen LogP contribution in [-0.4, -0.2) is 31.8 Å². The summed E-state index contributed by atoms with van der Waals surface area (Å²) < 4.78 is 10.4. The van der Waals surface area contributed by atoms with Crippen LogP contribution in [0.4, 0.5) is 5.69 Å². The van der Waals surface area contributed by atoms with E-state index in [9.17, 15) is 4.79 Å². The van der Waals surface area contributed by atoms with Crippen LogP contribution in [0.2, 0.25) is 5.02 Å². The minimum atomic E-state index is -0.551. The lowest BCUT2D eigenvalue weighted by Gasteiger charge is -2.22. The van der Waals surface area contributed by atoms with Crippen LogP contribution in [0.25, 0.3) is 0 Å². The van der Waals surface area contributed by atoms with Crippen molar-refractivity contribution in [1.29, 1.82) is 0 Å². The maximum absolute atomic E-state index is 11.7. The molecule has 16 heavy (non-hydrogen) atoms. The molecule has 0 radical (unpaired) electrons. The third-order valence-electron chi connectivity index (χ3n) is 2.24. The van der Waals surface area contributed by atoms with Gasteiger partial charge in [0.25, 0.3) is 5.91 Å². The molecule has 0 aliphatic carbocycles. The molecule has 0 spiro atoms. The van der Waals surface area contributed by atoms with E-state index >= 15 is 0 Å². The number of anilines is 1. The lowest BCUT2D eigenvalue weighted by molar-refractivity contribution is -0.142. The van der Waals surface area contributed by atoms with E-state index in [0.717, 1.165) is 0 Å². The molecular weight excluding hydrogens is 230 g/mol. The molecule has 1 aliphatic heterocycles. The zero-order valence-electron chi connectivity index (χ0n) is 8.61. The van der Waals surface area contributed by atoms with Crippen LogP contribution >= 0.6 is 11.6 Å². The van der Waals surface area contributed by atoms with Gasteiger partial charge in [0.2, 0.25) is 0 Å². The van der Waals surface area contributed by atoms with Gasteiger partial charge in [-0.3, -0.25) is 4.79 Å². The molecule has 1 saturated heterocycles. The Bertz CT molecular complexity index is 377. The fourth-order valence-electron chi connectivity index (χ4n) is 1.41. The topological polar surface area (TPSA) is 47.6 Å². The van der Waals surface area contributed by atoms with Crippen molar-refractivity contribution in [2.24, 2.45) is 0 Å². The second-order valence-corrected chi connectivity index (χ2v) is 3.81. The second kappa shape index (κ2) is 5.30. The van der Waals surface area contributed by atoms with Crippen molar-refractivity contribution in [3.8, 4) is 0 Å². The quantitative estimate of drug-likeness (QED) is 0.857. The first kappa shape index (κ1) is 11.4. The number of rotatable bonds is 2. The van der Waals surface area contributed by atoms with Crippen LogP contribution in [-0.2, 0) is 14.3 Å². The van der Waals surface area contributed by atoms with Crippen LogP contribution in [0.5, 0.6) is 0 Å². The summed E-state index contributed by atoms with van der Waals surface area (Å²) in [7, 11) is 0. The maximum atomic E-state index is 11.7. The lowest BCUT2D eigenvalue weighted by Crippen LogP contribution is -2.39. The molecule has 1 aliphatic rings. The van der Waals surface area contributed by atoms with Crippen molar-refractivity contribution in [2.75, 3.05) is 25.1 Å². The smallest absolute Gasteiger partial charge is 0.255 e. The molecule has 1 amide bonds. The lowest BCUT2D eigenvalue weighted by atomic mass is 10.3. The number of amides is 1. The molecule has 5 heteroatoms. The summed E-state index contributed by atoms with van der Waals surface area (Å²) in [5.41, 5.74) is 0.586. The van der Waals surface area contributed by atoms with Crippen LogP contribution < -0.4 is 5.32 Å². The summed E-state index contributed by atoms with van der Waals surface area (Å²) in [6.07, 6.45) is -0.551. The highest BCUT2D eigenvalue weighted by molar-refractivity contribution is 6.33. The number of hydrogen-bond acceptors (Lipinski definition) is 3. The van der Waals surface area contributed by atoms with E-state index < -0.39 is 6.10 Å². The van der Waals surface area contributed by atoms with Gasteiger partial charge in [-0.15, -0.1) is 0 Å². The Balaban J connectivity index is 1.99. The van der Waals surface area contributed by atoms with E-state index in [0.29, 0.717) is 23.9 Å². The van der Waals surface area contributed by atoms with E-state index in [1.165, 1.54) is 0 Å². The van der Waals surface area contributed by atoms with Gasteiger partial charge in [-0.2, -0.15) is 0 Å². The number of benzene rings is 1. The minimum Gasteiger partial charge on any atom is -0.376 e. The van der Waals surface area contributed by atoms with Gasteiger partial charge >= 0.3 is 0 Å². The number of halogens is 1. The molecule has 1 fully saturated rings. The predicted molar refractivity (Wildman–Crippen MR) is 60.6 cm³/mol. The fourth-order valence-corrected chi connectivity index (χ4v) is 1.60. The summed E-state index contributed by atoms with van der Waals surface area (Å²) in [6, 6.07) is 7.07. The van der Waals surface area contributed by atoms with Crippen LogP contribution in [0.15, 0.2) is 24.3 Å². The summed E-state index contributed by atoms with van der Waals surface area (Å²) in [4.78, 5) is 11.7. The molecule has 1 aromatic rings. The molecule has 0 saturated carbocycles. The molecule has 4 nitrogen and oxygen atoms in total. The van der Waals surface area contributed by atoms with Gasteiger partial charge in [0.1, 0.15) is 0 Å². The normalized spacial score (nSPS) is 20.4. The van der Waals surface area contributed by atoms with Gasteiger partial charge in [-0.05, 0) is 12.1 Å². The highest BCUT2D eigenvalue weighted by atomic mass is 35.5. The first-order chi connectivity index (χ1) is 7.77. The summed E-state index contributed by atoms with van der Waals surface area (Å²) in [6.45, 7) is 1.27. The summed E-state index contributed by atoms with van der Waals surface area (Å²) in [5.74, 6) is -0.229. The maximum Gasteiger partial charge on any atom is 0.255 e. The molecule has 1 aromatic carbocycles. The minimum absolute atomic E-state index is 0.229. The monoisotopic (exact) mass is 241 g/mol. The Morgan fingerprint density at radius 1 is 1.38 bits per heavy atom. The van der Waals surface area contributed by atoms with Crippen molar-refractivity contribution in [1.82, 2.24) is 0 Å². The Labute approximate surface area is 98.5 Å². The fraction of sp³-hybridized carbons (Fsp3) is 0.364. The molecule has 0 unspecified atom stereocenters. The third-order valence-corrected chi connectivity index (χ3v) is 2.57. The van der Waals surface area contributed by atoms with Crippen molar-refractivity contribution in [3.63, 3.8) is 0 Å². The highest BCUT2D eigenvalue weighted by Crippen LogP contribution is 2.20. The van der Waals surface area contributed by atoms with Gasteiger partial charge in [0.05, 0.1) is 30.5 Å². The molecule has 1 atom stereocenters. The average Bonchev–Trinajstić information content (AvgIpc) is 2.33. The average molecular weight is 242 g/mol. The summed E-state index contributed by atoms with van der Waals surface area (Å²) in [5, 5.41) is 3.21. The van der Waals surface area contributed by atoms with Crippen LogP contribution in [0.3, 0.4) is 0 Å². The van der Waals surface area contributed by atoms with Gasteiger partial charge in [0, 0.05) is 0 Å². The Morgan fingerprint density at radius 3 is 2.88 bits per heavy atom. The van der Waals surface area contributed by atoms with Crippen molar-refractivity contribution < 1.29 is 14.3 Å². The number of ether oxygens (including phenoxy) is 2. The molecule has 0 bridgehead atoms. The Morgan fingerprint density at radius 2 is 2.19 bits per heavy atom.